The summed E-state index contributed by atoms with van der Waals surface area (Å²) in [5.41, 5.74) is 0.422. The zero-order valence-electron chi connectivity index (χ0n) is 21.8. The highest BCUT2D eigenvalue weighted by Crippen LogP contribution is 2.44. The molecular formula is C27H30F3N5O3S. The third kappa shape index (κ3) is 5.19. The minimum absolute atomic E-state index is 0.00786. The Balaban J connectivity index is 1.45. The van der Waals surface area contributed by atoms with Gasteiger partial charge in [0.2, 0.25) is 5.91 Å². The van der Waals surface area contributed by atoms with Crippen LogP contribution < -0.4 is 5.32 Å². The maximum Gasteiger partial charge on any atom is 0.310 e. The number of carboxylic acids is 1. The molecule has 2 N–H and O–H groups in total. The maximum atomic E-state index is 15.2. The van der Waals surface area contributed by atoms with E-state index in [1.807, 2.05) is 0 Å². The number of carboxylic acid groups (broad SMARTS) is 1. The van der Waals surface area contributed by atoms with E-state index in [1.54, 1.807) is 36.7 Å². The lowest BCUT2D eigenvalue weighted by Gasteiger charge is -2.40. The van der Waals surface area contributed by atoms with E-state index in [4.69, 9.17) is 4.99 Å². The summed E-state index contributed by atoms with van der Waals surface area (Å²) in [6.45, 7) is 4.12. The smallest absolute Gasteiger partial charge is 0.310 e. The predicted octanol–water partition coefficient (Wildman–Crippen LogP) is 3.84. The van der Waals surface area contributed by atoms with Crippen molar-refractivity contribution in [3.8, 4) is 0 Å². The Morgan fingerprint density at radius 2 is 2.10 bits per heavy atom. The van der Waals surface area contributed by atoms with Gasteiger partial charge < -0.3 is 15.3 Å². The van der Waals surface area contributed by atoms with E-state index in [2.05, 4.69) is 10.3 Å². The number of carbonyl (C=O) groups is 2. The van der Waals surface area contributed by atoms with Crippen LogP contribution in [0.5, 0.6) is 0 Å². The predicted molar refractivity (Wildman–Crippen MR) is 140 cm³/mol. The fourth-order valence-electron chi connectivity index (χ4n) is 5.57. The summed E-state index contributed by atoms with van der Waals surface area (Å²) in [6, 6.07) is 3.08. The first-order valence-corrected chi connectivity index (χ1v) is 13.6. The van der Waals surface area contributed by atoms with E-state index >= 15 is 8.78 Å². The first kappa shape index (κ1) is 27.3. The average molecular weight is 562 g/mol. The number of rotatable bonds is 7. The van der Waals surface area contributed by atoms with Gasteiger partial charge in [-0.2, -0.15) is 0 Å². The number of aromatic nitrogens is 1. The minimum Gasteiger partial charge on any atom is -0.481 e. The van der Waals surface area contributed by atoms with Crippen LogP contribution >= 0.6 is 11.3 Å². The van der Waals surface area contributed by atoms with Crippen molar-refractivity contribution < 1.29 is 27.9 Å². The lowest BCUT2D eigenvalue weighted by atomic mass is 9.86. The molecule has 2 fully saturated rings. The molecule has 39 heavy (non-hydrogen) atoms. The number of aliphatic imine (C=N–C) groups is 1. The molecule has 2 saturated heterocycles. The monoisotopic (exact) mass is 561 g/mol. The second-order valence-electron chi connectivity index (χ2n) is 11.0. The lowest BCUT2D eigenvalue weighted by molar-refractivity contribution is -0.153. The van der Waals surface area contributed by atoms with Gasteiger partial charge in [-0.05, 0) is 50.5 Å². The van der Waals surface area contributed by atoms with E-state index in [9.17, 15) is 19.1 Å². The molecule has 208 valence electrons. The minimum atomic E-state index is -3.07. The van der Waals surface area contributed by atoms with Crippen LogP contribution in [0.2, 0.25) is 0 Å². The summed E-state index contributed by atoms with van der Waals surface area (Å²) in [5.74, 6) is -5.71. The van der Waals surface area contributed by atoms with Crippen molar-refractivity contribution in [1.82, 2.24) is 20.1 Å². The molecule has 8 nitrogen and oxygen atoms in total. The van der Waals surface area contributed by atoms with Crippen LogP contribution in [0.15, 0.2) is 46.5 Å². The molecule has 0 radical (unpaired) electrons. The lowest BCUT2D eigenvalue weighted by Crippen LogP contribution is -2.56. The zero-order valence-corrected chi connectivity index (χ0v) is 22.6. The van der Waals surface area contributed by atoms with Gasteiger partial charge >= 0.3 is 5.97 Å². The third-order valence-corrected chi connectivity index (χ3v) is 8.49. The summed E-state index contributed by atoms with van der Waals surface area (Å²) in [7, 11) is 0. The molecule has 2 aromatic rings. The normalized spacial score (nSPS) is 25.1. The number of carbonyl (C=O) groups excluding carboxylic acids is 1. The number of halogens is 3. The van der Waals surface area contributed by atoms with E-state index < -0.39 is 47.8 Å². The number of amides is 1. The molecule has 0 saturated carbocycles. The Kier molecular flexibility index (Phi) is 7.04. The number of alkyl halides is 2. The molecule has 5 rings (SSSR count). The number of fused-ring (bicyclic) bond motifs is 1. The van der Waals surface area contributed by atoms with Crippen LogP contribution in [-0.4, -0.2) is 75.7 Å². The Bertz CT molecular complexity index is 1340. The number of aliphatic carboxylic acids is 1. The highest BCUT2D eigenvalue weighted by Gasteiger charge is 2.59. The Hall–Kier alpha value is -3.25. The summed E-state index contributed by atoms with van der Waals surface area (Å²) in [5, 5.41) is 15.1. The molecule has 4 heterocycles. The molecule has 1 amide bonds. The average Bonchev–Trinajstić information content (AvgIpc) is 3.49. The number of thiazole rings is 1. The van der Waals surface area contributed by atoms with Gasteiger partial charge in [-0.3, -0.25) is 19.5 Å². The molecule has 0 aliphatic carbocycles. The van der Waals surface area contributed by atoms with Crippen molar-refractivity contribution in [1.29, 1.82) is 0 Å². The number of benzene rings is 1. The van der Waals surface area contributed by atoms with Crippen LogP contribution in [0.25, 0.3) is 0 Å². The molecular weight excluding hydrogens is 531 g/mol. The molecule has 1 aromatic carbocycles. The number of piperidine rings is 1. The summed E-state index contributed by atoms with van der Waals surface area (Å²) in [4.78, 5) is 37.1. The number of amidine groups is 1. The van der Waals surface area contributed by atoms with Crippen molar-refractivity contribution in [2.24, 2.45) is 16.3 Å². The molecule has 0 spiro atoms. The fraction of sp³-hybridized carbons (Fsp3) is 0.481. The van der Waals surface area contributed by atoms with Crippen molar-refractivity contribution in [2.45, 2.75) is 45.2 Å². The van der Waals surface area contributed by atoms with Crippen LogP contribution in [0, 0.1) is 24.1 Å². The number of hydrogen-bond donors (Lipinski definition) is 2. The largest absolute Gasteiger partial charge is 0.481 e. The molecule has 1 unspecified atom stereocenters. The Morgan fingerprint density at radius 1 is 1.33 bits per heavy atom. The molecule has 3 aliphatic heterocycles. The van der Waals surface area contributed by atoms with E-state index in [-0.39, 0.29) is 31.9 Å². The summed E-state index contributed by atoms with van der Waals surface area (Å²) < 4.78 is 44.7. The van der Waals surface area contributed by atoms with Gasteiger partial charge in [0.15, 0.2) is 10.8 Å². The topological polar surface area (TPSA) is 98.1 Å². The van der Waals surface area contributed by atoms with E-state index in [0.29, 0.717) is 27.7 Å². The first-order valence-electron chi connectivity index (χ1n) is 12.7. The zero-order chi connectivity index (χ0) is 28.1. The Labute approximate surface area is 228 Å². The highest BCUT2D eigenvalue weighted by atomic mass is 32.1. The summed E-state index contributed by atoms with van der Waals surface area (Å²) in [6.07, 6.45) is 3.48. The quantitative estimate of drug-likeness (QED) is 0.533. The van der Waals surface area contributed by atoms with E-state index in [1.165, 1.54) is 41.1 Å². The number of nitrogens with one attached hydrogen (secondary N) is 1. The van der Waals surface area contributed by atoms with Gasteiger partial charge in [-0.15, -0.1) is 11.3 Å². The number of likely N-dealkylation sites (tertiary alicyclic amines) is 2. The van der Waals surface area contributed by atoms with Crippen molar-refractivity contribution >= 4 is 29.0 Å². The molecule has 0 bridgehead atoms. The van der Waals surface area contributed by atoms with Gasteiger partial charge in [-0.1, -0.05) is 12.1 Å². The maximum absolute atomic E-state index is 15.2. The first-order chi connectivity index (χ1) is 18.4. The van der Waals surface area contributed by atoms with E-state index in [0.717, 1.165) is 0 Å². The fourth-order valence-corrected chi connectivity index (χ4v) is 6.16. The third-order valence-electron chi connectivity index (χ3n) is 7.71. The standard InChI is InChI=1S/C27H30F3N5O3S/c1-15-17(5-4-6-19(15)28)20-11-16(32-22(33-20)23-31-8-10-39-23)12-35-14-27(29,30)18-7-9-34(24(36)21(18)35)13-26(2,3)25(37)38/h4-6,8,10-11,18,20-21H,7,9,12-14H2,1-3H3,(H,32,33)(H,37,38)/t18-,20?,21-/m0/s1. The van der Waals surface area contributed by atoms with Gasteiger partial charge in [0.1, 0.15) is 5.82 Å². The van der Waals surface area contributed by atoms with Crippen LogP contribution in [0.4, 0.5) is 13.2 Å². The molecule has 12 heteroatoms. The highest BCUT2D eigenvalue weighted by molar-refractivity contribution is 7.11. The second kappa shape index (κ2) is 10.1. The van der Waals surface area contributed by atoms with Crippen molar-refractivity contribution in [3.05, 3.63) is 63.5 Å². The van der Waals surface area contributed by atoms with Crippen LogP contribution in [0.1, 0.15) is 42.4 Å². The number of nitrogens with zero attached hydrogens (tertiary/aromatic N) is 4. The van der Waals surface area contributed by atoms with Gasteiger partial charge in [0, 0.05) is 36.9 Å². The SMILES string of the molecule is Cc1c(F)cccc1C1C=C(CN2CC(F)(F)[C@H]3CCN(CC(C)(C)C(=O)O)C(=O)[C@H]32)NC(c2nccs2)=N1. The van der Waals surface area contributed by atoms with Gasteiger partial charge in [-0.25, -0.2) is 18.2 Å². The Morgan fingerprint density at radius 3 is 2.79 bits per heavy atom. The molecule has 1 aromatic heterocycles. The van der Waals surface area contributed by atoms with Crippen LogP contribution in [-0.2, 0) is 9.59 Å². The summed E-state index contributed by atoms with van der Waals surface area (Å²) >= 11 is 1.36. The van der Waals surface area contributed by atoms with Crippen molar-refractivity contribution in [2.75, 3.05) is 26.2 Å². The second-order valence-corrected chi connectivity index (χ2v) is 11.9. The van der Waals surface area contributed by atoms with Gasteiger partial charge in [0.25, 0.3) is 5.92 Å². The van der Waals surface area contributed by atoms with Crippen molar-refractivity contribution in [3.63, 3.8) is 0 Å². The number of hydrogen-bond acceptors (Lipinski definition) is 7. The molecule has 3 atom stereocenters. The van der Waals surface area contributed by atoms with Crippen LogP contribution in [0.3, 0.4) is 0 Å². The molecule has 3 aliphatic rings. The van der Waals surface area contributed by atoms with Gasteiger partial charge in [0.05, 0.1) is 30.0 Å².